The molecule has 1 unspecified atom stereocenters. The van der Waals surface area contributed by atoms with Gasteiger partial charge in [0.25, 0.3) is 0 Å². The molecule has 0 aliphatic carbocycles. The van der Waals surface area contributed by atoms with Crippen LogP contribution in [0.5, 0.6) is 0 Å². The van der Waals surface area contributed by atoms with E-state index in [1.54, 1.807) is 0 Å². The van der Waals surface area contributed by atoms with E-state index in [0.29, 0.717) is 0 Å². The van der Waals surface area contributed by atoms with Gasteiger partial charge in [-0.1, -0.05) is 36.2 Å². The molecule has 2 N–H and O–H groups in total. The van der Waals surface area contributed by atoms with Crippen LogP contribution in [0, 0.1) is 6.92 Å². The minimum absolute atomic E-state index is 0.755. The minimum Gasteiger partial charge on any atom is -0.316 e. The summed E-state index contributed by atoms with van der Waals surface area (Å²) in [5, 5.41) is 7.16. The summed E-state index contributed by atoms with van der Waals surface area (Å²) in [5.41, 5.74) is 2.80. The summed E-state index contributed by atoms with van der Waals surface area (Å²) in [5.74, 6) is 0. The molecule has 0 bridgehead atoms. The second-order valence-electron chi connectivity index (χ2n) is 5.42. The molecule has 2 nitrogen and oxygen atoms in total. The summed E-state index contributed by atoms with van der Waals surface area (Å²) in [7, 11) is 0. The van der Waals surface area contributed by atoms with Crippen LogP contribution in [0.3, 0.4) is 0 Å². The highest BCUT2D eigenvalue weighted by Crippen LogP contribution is 2.09. The van der Waals surface area contributed by atoms with Gasteiger partial charge >= 0.3 is 0 Å². The van der Waals surface area contributed by atoms with Crippen molar-refractivity contribution in [2.75, 3.05) is 19.6 Å². The number of benzene rings is 1. The Bertz CT molecular complexity index is 343. The minimum atomic E-state index is 0.755. The van der Waals surface area contributed by atoms with Gasteiger partial charge in [0, 0.05) is 6.04 Å². The fourth-order valence-corrected chi connectivity index (χ4v) is 2.67. The topological polar surface area (TPSA) is 24.1 Å². The molecule has 1 atom stereocenters. The lowest BCUT2D eigenvalue weighted by Crippen LogP contribution is -2.36. The zero-order valence-electron chi connectivity index (χ0n) is 11.5. The largest absolute Gasteiger partial charge is 0.316 e. The van der Waals surface area contributed by atoms with Gasteiger partial charge in [0.05, 0.1) is 0 Å². The summed E-state index contributed by atoms with van der Waals surface area (Å²) in [4.78, 5) is 0. The third-order valence-electron chi connectivity index (χ3n) is 3.75. The lowest BCUT2D eigenvalue weighted by molar-refractivity contribution is 0.377. The first-order valence-electron chi connectivity index (χ1n) is 7.34. The Hall–Kier alpha value is -0.860. The maximum atomic E-state index is 3.60. The van der Waals surface area contributed by atoms with Gasteiger partial charge in [-0.05, 0) is 57.8 Å². The van der Waals surface area contributed by atoms with E-state index in [1.807, 2.05) is 0 Å². The molecule has 0 radical (unpaired) electrons. The van der Waals surface area contributed by atoms with Gasteiger partial charge in [0.2, 0.25) is 0 Å². The van der Waals surface area contributed by atoms with Crippen molar-refractivity contribution in [3.63, 3.8) is 0 Å². The van der Waals surface area contributed by atoms with Gasteiger partial charge < -0.3 is 10.6 Å². The molecule has 0 amide bonds. The van der Waals surface area contributed by atoms with E-state index < -0.39 is 0 Å². The summed E-state index contributed by atoms with van der Waals surface area (Å²) in [6.45, 7) is 5.61. The van der Waals surface area contributed by atoms with Crippen molar-refractivity contribution >= 4 is 0 Å². The van der Waals surface area contributed by atoms with E-state index in [0.717, 1.165) is 25.6 Å². The SMILES string of the molecule is Cc1cccc(CCNCCC2CCCCN2)c1. The highest BCUT2D eigenvalue weighted by atomic mass is 14.9. The number of aryl methyl sites for hydroxylation is 1. The molecular formula is C16H26N2. The second kappa shape index (κ2) is 7.55. The number of hydrogen-bond acceptors (Lipinski definition) is 2. The first kappa shape index (κ1) is 13.6. The van der Waals surface area contributed by atoms with Crippen LogP contribution in [0.1, 0.15) is 36.8 Å². The van der Waals surface area contributed by atoms with Crippen molar-refractivity contribution < 1.29 is 0 Å². The van der Waals surface area contributed by atoms with Gasteiger partial charge in [-0.3, -0.25) is 0 Å². The van der Waals surface area contributed by atoms with Crippen molar-refractivity contribution in [1.29, 1.82) is 0 Å². The van der Waals surface area contributed by atoms with E-state index >= 15 is 0 Å². The zero-order chi connectivity index (χ0) is 12.6. The highest BCUT2D eigenvalue weighted by molar-refractivity contribution is 5.22. The van der Waals surface area contributed by atoms with E-state index in [-0.39, 0.29) is 0 Å². The molecule has 1 heterocycles. The van der Waals surface area contributed by atoms with Crippen molar-refractivity contribution in [3.8, 4) is 0 Å². The van der Waals surface area contributed by atoms with Gasteiger partial charge in [0.1, 0.15) is 0 Å². The van der Waals surface area contributed by atoms with Crippen LogP contribution < -0.4 is 10.6 Å². The fraction of sp³-hybridized carbons (Fsp3) is 0.625. The highest BCUT2D eigenvalue weighted by Gasteiger charge is 2.11. The first-order valence-corrected chi connectivity index (χ1v) is 7.34. The van der Waals surface area contributed by atoms with Gasteiger partial charge in [0.15, 0.2) is 0 Å². The van der Waals surface area contributed by atoms with Crippen LogP contribution >= 0.6 is 0 Å². The van der Waals surface area contributed by atoms with E-state index in [9.17, 15) is 0 Å². The summed E-state index contributed by atoms with van der Waals surface area (Å²) in [6.07, 6.45) is 6.53. The van der Waals surface area contributed by atoms with E-state index in [4.69, 9.17) is 0 Å². The smallest absolute Gasteiger partial charge is 0.00791 e. The molecule has 1 aliphatic heterocycles. The molecule has 0 saturated carbocycles. The van der Waals surface area contributed by atoms with Crippen LogP contribution in [0.25, 0.3) is 0 Å². The molecule has 1 fully saturated rings. The number of rotatable bonds is 6. The predicted molar refractivity (Wildman–Crippen MR) is 78.0 cm³/mol. The van der Waals surface area contributed by atoms with Gasteiger partial charge in [-0.25, -0.2) is 0 Å². The molecule has 2 rings (SSSR count). The molecule has 18 heavy (non-hydrogen) atoms. The lowest BCUT2D eigenvalue weighted by Gasteiger charge is -2.23. The first-order chi connectivity index (χ1) is 8.84. The summed E-state index contributed by atoms with van der Waals surface area (Å²) < 4.78 is 0. The van der Waals surface area contributed by atoms with Crippen LogP contribution in [0.2, 0.25) is 0 Å². The molecule has 0 spiro atoms. The van der Waals surface area contributed by atoms with E-state index in [2.05, 4.69) is 41.8 Å². The van der Waals surface area contributed by atoms with Gasteiger partial charge in [-0.2, -0.15) is 0 Å². The van der Waals surface area contributed by atoms with Crippen molar-refractivity contribution in [2.45, 2.75) is 45.1 Å². The maximum Gasteiger partial charge on any atom is 0.00791 e. The quantitative estimate of drug-likeness (QED) is 0.754. The Kier molecular flexibility index (Phi) is 5.69. The van der Waals surface area contributed by atoms with Crippen molar-refractivity contribution in [2.24, 2.45) is 0 Å². The summed E-state index contributed by atoms with van der Waals surface area (Å²) >= 11 is 0. The lowest BCUT2D eigenvalue weighted by atomic mass is 10.0. The van der Waals surface area contributed by atoms with Gasteiger partial charge in [-0.15, -0.1) is 0 Å². The fourth-order valence-electron chi connectivity index (χ4n) is 2.67. The number of hydrogen-bond donors (Lipinski definition) is 2. The number of nitrogens with one attached hydrogen (secondary N) is 2. The number of piperidine rings is 1. The molecular weight excluding hydrogens is 220 g/mol. The molecule has 1 aromatic carbocycles. The van der Waals surface area contributed by atoms with Crippen LogP contribution in [0.4, 0.5) is 0 Å². The Morgan fingerprint density at radius 3 is 3.00 bits per heavy atom. The van der Waals surface area contributed by atoms with Crippen LogP contribution in [-0.4, -0.2) is 25.7 Å². The molecule has 0 aromatic heterocycles. The molecule has 1 aromatic rings. The standard InChI is InChI=1S/C16H26N2/c1-14-5-4-6-15(13-14)8-11-17-12-9-16-7-2-3-10-18-16/h4-6,13,16-18H,2-3,7-12H2,1H3. The maximum absolute atomic E-state index is 3.60. The summed E-state index contributed by atoms with van der Waals surface area (Å²) in [6, 6.07) is 9.56. The molecule has 2 heteroatoms. The third-order valence-corrected chi connectivity index (χ3v) is 3.75. The molecule has 1 aliphatic rings. The third kappa shape index (κ3) is 4.79. The zero-order valence-corrected chi connectivity index (χ0v) is 11.5. The molecule has 1 saturated heterocycles. The van der Waals surface area contributed by atoms with E-state index in [1.165, 1.54) is 43.4 Å². The second-order valence-corrected chi connectivity index (χ2v) is 5.42. The average molecular weight is 246 g/mol. The Labute approximate surface area is 111 Å². The Morgan fingerprint density at radius 2 is 2.22 bits per heavy atom. The Balaban J connectivity index is 1.55. The van der Waals surface area contributed by atoms with Crippen LogP contribution in [-0.2, 0) is 6.42 Å². The predicted octanol–water partition coefficient (Wildman–Crippen LogP) is 2.66. The normalized spacial score (nSPS) is 19.9. The molecule has 100 valence electrons. The van der Waals surface area contributed by atoms with Crippen LogP contribution in [0.15, 0.2) is 24.3 Å². The monoisotopic (exact) mass is 246 g/mol. The van der Waals surface area contributed by atoms with Crippen molar-refractivity contribution in [3.05, 3.63) is 35.4 Å². The average Bonchev–Trinajstić information content (AvgIpc) is 2.40. The van der Waals surface area contributed by atoms with Crippen molar-refractivity contribution in [1.82, 2.24) is 10.6 Å². The Morgan fingerprint density at radius 1 is 1.28 bits per heavy atom.